The molecule has 22 heavy (non-hydrogen) atoms. The average Bonchev–Trinajstić information content (AvgIpc) is 2.54. The number of esters is 1. The largest absolute Gasteiger partial charge is 0.463 e. The number of carbonyl (C=O) groups excluding carboxylic acids is 1. The molecular weight excluding hydrogens is 281 g/mol. The maximum atomic E-state index is 12.9. The number of carbonyl (C=O) groups is 1. The first-order chi connectivity index (χ1) is 10.6. The van der Waals surface area contributed by atoms with Crippen molar-refractivity contribution in [2.45, 2.75) is 38.6 Å². The third-order valence-corrected chi connectivity index (χ3v) is 4.08. The number of ether oxygens (including phenoxy) is 1. The SMILES string of the molecule is [CH]=C(C(=O)OCC)C1CCCCN1CCc1ccc(F)cc1. The second-order valence-corrected chi connectivity index (χ2v) is 5.60. The summed E-state index contributed by atoms with van der Waals surface area (Å²) in [6.45, 7) is 9.84. The van der Waals surface area contributed by atoms with E-state index < -0.39 is 5.97 Å². The molecule has 1 saturated heterocycles. The van der Waals surface area contributed by atoms with Gasteiger partial charge in [-0.15, -0.1) is 0 Å². The maximum Gasteiger partial charge on any atom is 0.335 e. The van der Waals surface area contributed by atoms with Gasteiger partial charge in [-0.2, -0.15) is 0 Å². The lowest BCUT2D eigenvalue weighted by molar-refractivity contribution is -0.139. The minimum absolute atomic E-state index is 0.0479. The van der Waals surface area contributed by atoms with Crippen molar-refractivity contribution in [1.29, 1.82) is 0 Å². The van der Waals surface area contributed by atoms with Crippen LogP contribution in [0.5, 0.6) is 0 Å². The van der Waals surface area contributed by atoms with Gasteiger partial charge in [0.2, 0.25) is 0 Å². The van der Waals surface area contributed by atoms with Crippen LogP contribution in [-0.2, 0) is 16.0 Å². The van der Waals surface area contributed by atoms with Gasteiger partial charge in [0.15, 0.2) is 0 Å². The Morgan fingerprint density at radius 1 is 1.36 bits per heavy atom. The molecule has 1 radical (unpaired) electrons. The van der Waals surface area contributed by atoms with Crippen LogP contribution in [0.1, 0.15) is 31.7 Å². The third-order valence-electron chi connectivity index (χ3n) is 4.08. The van der Waals surface area contributed by atoms with E-state index in [1.54, 1.807) is 19.1 Å². The molecule has 0 aromatic heterocycles. The molecular formula is C18H23FNO2. The number of halogens is 1. The van der Waals surface area contributed by atoms with Crippen LogP contribution < -0.4 is 0 Å². The maximum absolute atomic E-state index is 12.9. The van der Waals surface area contributed by atoms with E-state index in [1.807, 2.05) is 0 Å². The van der Waals surface area contributed by atoms with E-state index in [9.17, 15) is 9.18 Å². The summed E-state index contributed by atoms with van der Waals surface area (Å²) in [6.07, 6.45) is 3.87. The van der Waals surface area contributed by atoms with Gasteiger partial charge in [0.1, 0.15) is 5.82 Å². The van der Waals surface area contributed by atoms with Crippen LogP contribution in [0.3, 0.4) is 0 Å². The van der Waals surface area contributed by atoms with E-state index in [0.29, 0.717) is 12.2 Å². The molecule has 4 heteroatoms. The van der Waals surface area contributed by atoms with Crippen molar-refractivity contribution < 1.29 is 13.9 Å². The Hall–Kier alpha value is -1.68. The molecule has 1 aliphatic heterocycles. The second kappa shape index (κ2) is 8.08. The highest BCUT2D eigenvalue weighted by molar-refractivity contribution is 5.88. The van der Waals surface area contributed by atoms with Gasteiger partial charge in [-0.1, -0.05) is 18.6 Å². The van der Waals surface area contributed by atoms with Gasteiger partial charge in [-0.25, -0.2) is 9.18 Å². The van der Waals surface area contributed by atoms with Crippen molar-refractivity contribution >= 4 is 5.97 Å². The molecule has 0 N–H and O–H groups in total. The van der Waals surface area contributed by atoms with E-state index in [1.165, 1.54) is 12.1 Å². The Bertz CT molecular complexity index is 512. The van der Waals surface area contributed by atoms with Gasteiger partial charge >= 0.3 is 5.97 Å². The van der Waals surface area contributed by atoms with Crippen molar-refractivity contribution in [3.8, 4) is 0 Å². The minimum Gasteiger partial charge on any atom is -0.463 e. The van der Waals surface area contributed by atoms with E-state index in [0.717, 1.165) is 44.3 Å². The highest BCUT2D eigenvalue weighted by Gasteiger charge is 2.28. The molecule has 0 saturated carbocycles. The first-order valence-corrected chi connectivity index (χ1v) is 7.89. The summed E-state index contributed by atoms with van der Waals surface area (Å²) in [4.78, 5) is 14.1. The van der Waals surface area contributed by atoms with Gasteiger partial charge in [-0.05, 0) is 57.0 Å². The fraction of sp³-hybridized carbons (Fsp3) is 0.500. The molecule has 1 heterocycles. The molecule has 1 aliphatic rings. The van der Waals surface area contributed by atoms with Crippen molar-refractivity contribution in [2.24, 2.45) is 0 Å². The zero-order chi connectivity index (χ0) is 15.9. The molecule has 0 bridgehead atoms. The Morgan fingerprint density at radius 3 is 2.77 bits per heavy atom. The molecule has 1 fully saturated rings. The lowest BCUT2D eigenvalue weighted by Gasteiger charge is -2.36. The Morgan fingerprint density at radius 2 is 2.09 bits per heavy atom. The monoisotopic (exact) mass is 304 g/mol. The van der Waals surface area contributed by atoms with Crippen LogP contribution in [0.25, 0.3) is 0 Å². The topological polar surface area (TPSA) is 29.5 Å². The third kappa shape index (κ3) is 4.41. The quantitative estimate of drug-likeness (QED) is 0.597. The smallest absolute Gasteiger partial charge is 0.335 e. The van der Waals surface area contributed by atoms with Gasteiger partial charge in [0.25, 0.3) is 0 Å². The number of likely N-dealkylation sites (tertiary alicyclic amines) is 1. The molecule has 1 unspecified atom stereocenters. The first-order valence-electron chi connectivity index (χ1n) is 7.89. The van der Waals surface area contributed by atoms with E-state index in [-0.39, 0.29) is 11.9 Å². The molecule has 1 atom stereocenters. The summed E-state index contributed by atoms with van der Waals surface area (Å²) < 4.78 is 17.9. The highest BCUT2D eigenvalue weighted by atomic mass is 19.1. The predicted molar refractivity (Wildman–Crippen MR) is 83.8 cm³/mol. The molecule has 1 aromatic carbocycles. The Balaban J connectivity index is 1.95. The number of hydrogen-bond donors (Lipinski definition) is 0. The molecule has 0 aliphatic carbocycles. The van der Waals surface area contributed by atoms with E-state index in [2.05, 4.69) is 4.90 Å². The first kappa shape index (κ1) is 16.7. The van der Waals surface area contributed by atoms with Crippen molar-refractivity contribution in [2.75, 3.05) is 19.7 Å². The van der Waals surface area contributed by atoms with Gasteiger partial charge in [0, 0.05) is 12.6 Å². The summed E-state index contributed by atoms with van der Waals surface area (Å²) >= 11 is 0. The molecule has 3 nitrogen and oxygen atoms in total. The van der Waals surface area contributed by atoms with Crippen LogP contribution in [-0.4, -0.2) is 36.6 Å². The summed E-state index contributed by atoms with van der Waals surface area (Å²) in [6, 6.07) is 6.50. The second-order valence-electron chi connectivity index (χ2n) is 5.60. The lowest BCUT2D eigenvalue weighted by atomic mass is 9.95. The normalized spacial score (nSPS) is 18.9. The molecule has 1 aromatic rings. The fourth-order valence-electron chi connectivity index (χ4n) is 2.89. The number of nitrogens with zero attached hydrogens (tertiary/aromatic N) is 1. The number of piperidine rings is 1. The number of rotatable bonds is 6. The van der Waals surface area contributed by atoms with Crippen molar-refractivity contribution in [1.82, 2.24) is 4.90 Å². The molecule has 2 rings (SSSR count). The highest BCUT2D eigenvalue weighted by Crippen LogP contribution is 2.23. The van der Waals surface area contributed by atoms with Crippen LogP contribution in [0.2, 0.25) is 0 Å². The van der Waals surface area contributed by atoms with Crippen LogP contribution in [0.15, 0.2) is 29.8 Å². The fourth-order valence-corrected chi connectivity index (χ4v) is 2.89. The van der Waals surface area contributed by atoms with E-state index in [4.69, 9.17) is 11.3 Å². The van der Waals surface area contributed by atoms with Gasteiger partial charge < -0.3 is 4.74 Å². The van der Waals surface area contributed by atoms with Gasteiger partial charge in [0.05, 0.1) is 12.2 Å². The molecule has 119 valence electrons. The average molecular weight is 304 g/mol. The van der Waals surface area contributed by atoms with Crippen molar-refractivity contribution in [3.05, 3.63) is 47.8 Å². The Labute approximate surface area is 131 Å². The zero-order valence-corrected chi connectivity index (χ0v) is 13.1. The molecule has 0 amide bonds. The van der Waals surface area contributed by atoms with Gasteiger partial charge in [-0.3, -0.25) is 4.90 Å². The van der Waals surface area contributed by atoms with Crippen LogP contribution >= 0.6 is 0 Å². The lowest BCUT2D eigenvalue weighted by Crippen LogP contribution is -2.43. The standard InChI is InChI=1S/C18H23FNO2/c1-3-22-18(21)14(2)17-6-4-5-12-20(17)13-11-15-7-9-16(19)10-8-15/h2,7-10,17H,3-6,11-13H2,1H3. The summed E-state index contributed by atoms with van der Waals surface area (Å²) in [7, 11) is 0. The zero-order valence-electron chi connectivity index (χ0n) is 13.1. The van der Waals surface area contributed by atoms with Crippen LogP contribution in [0, 0.1) is 12.4 Å². The predicted octanol–water partition coefficient (Wildman–Crippen LogP) is 3.15. The number of benzene rings is 1. The Kier molecular flexibility index (Phi) is 6.13. The summed E-state index contributed by atoms with van der Waals surface area (Å²) in [5.74, 6) is -0.624. The van der Waals surface area contributed by atoms with Crippen molar-refractivity contribution in [3.63, 3.8) is 0 Å². The minimum atomic E-state index is -0.402. The number of hydrogen-bond acceptors (Lipinski definition) is 3. The van der Waals surface area contributed by atoms with E-state index >= 15 is 0 Å². The molecule has 0 spiro atoms. The summed E-state index contributed by atoms with van der Waals surface area (Å²) in [5.41, 5.74) is 1.39. The van der Waals surface area contributed by atoms with Crippen LogP contribution in [0.4, 0.5) is 4.39 Å². The summed E-state index contributed by atoms with van der Waals surface area (Å²) in [5, 5.41) is 0.